The van der Waals surface area contributed by atoms with Gasteiger partial charge in [0.2, 0.25) is 5.91 Å². The van der Waals surface area contributed by atoms with Crippen LogP contribution >= 0.6 is 11.6 Å². The molecule has 1 unspecified atom stereocenters. The third-order valence-electron chi connectivity index (χ3n) is 13.4. The third-order valence-corrected chi connectivity index (χ3v) is 13.7. The number of anilines is 3. The largest absolute Gasteiger partial charge is 0.493 e. The Bertz CT molecular complexity index is 2370. The van der Waals surface area contributed by atoms with E-state index in [1.54, 1.807) is 39.2 Å². The molecule has 63 heavy (non-hydrogen) atoms. The molecule has 13 nitrogen and oxygen atoms in total. The van der Waals surface area contributed by atoms with Gasteiger partial charge < -0.3 is 30.3 Å². The number of methoxy groups -OCH3 is 1. The van der Waals surface area contributed by atoms with Crippen LogP contribution < -0.4 is 30.7 Å². The van der Waals surface area contributed by atoms with Crippen molar-refractivity contribution in [1.29, 1.82) is 0 Å². The predicted molar refractivity (Wildman–Crippen MR) is 235 cm³/mol. The van der Waals surface area contributed by atoms with E-state index in [9.17, 15) is 27.6 Å². The number of halogens is 4. The van der Waals surface area contributed by atoms with Gasteiger partial charge in [-0.2, -0.15) is 13.2 Å². The molecule has 8 rings (SSSR count). The molecule has 4 fully saturated rings. The molecule has 17 heteroatoms. The van der Waals surface area contributed by atoms with Gasteiger partial charge in [-0.3, -0.25) is 19.8 Å². The molecule has 4 aliphatic rings. The molecule has 1 saturated carbocycles. The number of ether oxygens (including phenoxy) is 2. The van der Waals surface area contributed by atoms with Crippen LogP contribution in [0.15, 0.2) is 48.5 Å². The number of hydrogen-bond donors (Lipinski definition) is 3. The highest BCUT2D eigenvalue weighted by Gasteiger charge is 2.40. The van der Waals surface area contributed by atoms with Gasteiger partial charge in [-0.05, 0) is 125 Å². The molecule has 336 valence electrons. The summed E-state index contributed by atoms with van der Waals surface area (Å²) in [5.41, 5.74) is 7.24. The maximum Gasteiger partial charge on any atom is 0.416 e. The first-order valence-corrected chi connectivity index (χ1v) is 22.1. The lowest BCUT2D eigenvalue weighted by atomic mass is 9.65. The molecule has 4 heterocycles. The number of nitrogens with zero attached hydrogens (tertiary/aromatic N) is 5. The number of alkyl halides is 3. The van der Waals surface area contributed by atoms with E-state index < -0.39 is 23.8 Å². The second kappa shape index (κ2) is 18.0. The van der Waals surface area contributed by atoms with E-state index >= 15 is 0 Å². The fraction of sp³-hybridized carbons (Fsp3) is 0.500. The molecule has 3 saturated heterocycles. The highest BCUT2D eigenvalue weighted by atomic mass is 35.5. The van der Waals surface area contributed by atoms with Gasteiger partial charge in [-0.25, -0.2) is 14.8 Å². The Morgan fingerprint density at radius 1 is 0.968 bits per heavy atom. The van der Waals surface area contributed by atoms with Crippen molar-refractivity contribution in [3.63, 3.8) is 0 Å². The number of nitrogens with one attached hydrogen (secondary N) is 2. The maximum atomic E-state index is 13.6. The van der Waals surface area contributed by atoms with Gasteiger partial charge >= 0.3 is 12.2 Å². The van der Waals surface area contributed by atoms with Crippen molar-refractivity contribution in [2.75, 3.05) is 62.3 Å². The van der Waals surface area contributed by atoms with Crippen LogP contribution in [0.5, 0.6) is 11.5 Å². The Kier molecular flexibility index (Phi) is 12.7. The number of likely N-dealkylation sites (tertiary alicyclic amines) is 2. The number of aryl methyl sites for hydroxylation is 1. The number of fused-ring (bicyclic) bond motifs is 1. The van der Waals surface area contributed by atoms with E-state index in [1.165, 1.54) is 11.0 Å². The maximum absolute atomic E-state index is 13.6. The smallest absolute Gasteiger partial charge is 0.416 e. The Morgan fingerprint density at radius 3 is 2.38 bits per heavy atom. The second-order valence-corrected chi connectivity index (χ2v) is 18.1. The van der Waals surface area contributed by atoms with E-state index in [-0.39, 0.29) is 42.0 Å². The zero-order valence-corrected chi connectivity index (χ0v) is 36.6. The summed E-state index contributed by atoms with van der Waals surface area (Å²) >= 11 is 6.43. The summed E-state index contributed by atoms with van der Waals surface area (Å²) in [7, 11) is 1.59. The molecule has 3 aromatic carbocycles. The van der Waals surface area contributed by atoms with Crippen LogP contribution in [0.25, 0.3) is 10.9 Å². The highest BCUT2D eigenvalue weighted by Crippen LogP contribution is 2.47. The van der Waals surface area contributed by atoms with Crippen LogP contribution in [-0.2, 0) is 11.0 Å². The number of carbonyl (C=O) groups is 3. The molecule has 4 amide bonds. The third kappa shape index (κ3) is 9.91. The van der Waals surface area contributed by atoms with Crippen molar-refractivity contribution >= 4 is 57.5 Å². The van der Waals surface area contributed by atoms with E-state index in [1.807, 2.05) is 17.0 Å². The molecule has 1 aliphatic carbocycles. The van der Waals surface area contributed by atoms with Gasteiger partial charge in [-0.15, -0.1) is 0 Å². The minimum Gasteiger partial charge on any atom is -0.493 e. The predicted octanol–water partition coefficient (Wildman–Crippen LogP) is 8.78. The highest BCUT2D eigenvalue weighted by molar-refractivity contribution is 6.34. The molecule has 1 aromatic heterocycles. The zero-order valence-electron chi connectivity index (χ0n) is 35.8. The van der Waals surface area contributed by atoms with Crippen LogP contribution in [0, 0.1) is 18.3 Å². The summed E-state index contributed by atoms with van der Waals surface area (Å²) in [5.74, 6) is 2.28. The van der Waals surface area contributed by atoms with Crippen LogP contribution in [0.3, 0.4) is 0 Å². The first-order chi connectivity index (χ1) is 30.1. The lowest BCUT2D eigenvalue weighted by Gasteiger charge is -2.47. The molecule has 1 atom stereocenters. The van der Waals surface area contributed by atoms with Gasteiger partial charge in [0.1, 0.15) is 17.7 Å². The average molecular weight is 891 g/mol. The number of nitrogens with two attached hydrogens (primary N) is 1. The van der Waals surface area contributed by atoms with Crippen molar-refractivity contribution in [1.82, 2.24) is 25.1 Å². The Morgan fingerprint density at radius 2 is 1.70 bits per heavy atom. The van der Waals surface area contributed by atoms with Crippen LogP contribution in [-0.4, -0.2) is 90.1 Å². The number of benzene rings is 3. The zero-order chi connectivity index (χ0) is 44.6. The van der Waals surface area contributed by atoms with Crippen LogP contribution in [0.2, 0.25) is 5.02 Å². The molecular weight excluding hydrogens is 837 g/mol. The molecule has 0 radical (unpaired) electrons. The van der Waals surface area contributed by atoms with E-state index in [2.05, 4.69) is 25.5 Å². The summed E-state index contributed by atoms with van der Waals surface area (Å²) in [5, 5.41) is 6.62. The number of aromatic nitrogens is 2. The Hall–Kier alpha value is -5.35. The SMILES string of the molecule is COc1cc2nc(C)nc(NC(C)c3cc(N)cc(C(F)(F)F)c3)c2cc1OC1CCN(CC2CCC3(CC2)CCN(C(=O)c2ccc(Cl)c(N4CCC(=O)NC4=O)c2)CC3)CC1. The van der Waals surface area contributed by atoms with E-state index in [0.29, 0.717) is 74.9 Å². The monoisotopic (exact) mass is 890 g/mol. The number of imide groups is 1. The molecule has 4 aromatic rings. The van der Waals surface area contributed by atoms with Crippen molar-refractivity contribution < 1.29 is 37.0 Å². The lowest BCUT2D eigenvalue weighted by Crippen LogP contribution is -2.49. The summed E-state index contributed by atoms with van der Waals surface area (Å²) < 4.78 is 53.1. The van der Waals surface area contributed by atoms with Crippen LogP contribution in [0.4, 0.5) is 35.2 Å². The number of nitrogen functional groups attached to an aromatic ring is 1. The van der Waals surface area contributed by atoms with E-state index in [4.69, 9.17) is 26.8 Å². The quantitative estimate of drug-likeness (QED) is 0.132. The topological polar surface area (TPSA) is 155 Å². The van der Waals surface area contributed by atoms with Gasteiger partial charge in [0, 0.05) is 68.4 Å². The van der Waals surface area contributed by atoms with Gasteiger partial charge in [0.25, 0.3) is 5.91 Å². The average Bonchev–Trinajstić information content (AvgIpc) is 3.25. The number of piperidine rings is 2. The molecule has 3 aliphatic heterocycles. The lowest BCUT2D eigenvalue weighted by molar-refractivity contribution is -0.137. The summed E-state index contributed by atoms with van der Waals surface area (Å²) in [6.07, 6.45) is 3.89. The number of amides is 4. The van der Waals surface area contributed by atoms with Gasteiger partial charge in [0.15, 0.2) is 11.5 Å². The Balaban J connectivity index is 0.828. The fourth-order valence-corrected chi connectivity index (χ4v) is 9.95. The number of urea groups is 1. The van der Waals surface area contributed by atoms with Crippen molar-refractivity contribution in [2.24, 2.45) is 11.3 Å². The van der Waals surface area contributed by atoms with Crippen molar-refractivity contribution in [2.45, 2.75) is 90.0 Å². The van der Waals surface area contributed by atoms with E-state index in [0.717, 1.165) is 83.1 Å². The minimum atomic E-state index is -4.53. The fourth-order valence-electron chi connectivity index (χ4n) is 9.73. The normalized spacial score (nSPS) is 19.6. The first-order valence-electron chi connectivity index (χ1n) is 21.8. The minimum absolute atomic E-state index is 0.0279. The first kappa shape index (κ1) is 44.3. The Labute approximate surface area is 369 Å². The molecule has 0 bridgehead atoms. The summed E-state index contributed by atoms with van der Waals surface area (Å²) in [6.45, 7) is 7.99. The molecule has 4 N–H and O–H groups in total. The summed E-state index contributed by atoms with van der Waals surface area (Å²) in [6, 6.07) is 11.1. The molecule has 1 spiro atoms. The van der Waals surface area contributed by atoms with Gasteiger partial charge in [0.05, 0.1) is 34.9 Å². The number of hydrogen-bond acceptors (Lipinski definition) is 10. The number of carbonyl (C=O) groups excluding carboxylic acids is 3. The second-order valence-electron chi connectivity index (χ2n) is 17.7. The van der Waals surface area contributed by atoms with Gasteiger partial charge in [-0.1, -0.05) is 11.6 Å². The summed E-state index contributed by atoms with van der Waals surface area (Å²) in [4.78, 5) is 52.9. The van der Waals surface area contributed by atoms with Crippen molar-refractivity contribution in [3.05, 3.63) is 76.1 Å². The van der Waals surface area contributed by atoms with Crippen LogP contribution in [0.1, 0.15) is 98.1 Å². The number of rotatable bonds is 10. The van der Waals surface area contributed by atoms with Crippen molar-refractivity contribution in [3.8, 4) is 11.5 Å². The molecular formula is C46H54ClF3N8O5. The standard InChI is InChI=1S/C46H54ClF3N8O5/c1-27(31-20-32(46(48,49)50)23-33(51)21-31)52-42-35-24-40(39(62-3)25-37(35)53-28(2)54-42)63-34-8-15-56(16-9-34)26-29-6-11-45(12-7-29)13-18-57(19-14-45)43(60)30-4-5-36(47)38(22-30)58-17-10-41(59)55-44(58)61/h4-5,20-25,27,29,34H,6-19,26,51H2,1-3H3,(H,52,53,54)(H,55,59,61).